The molecule has 2 aliphatic heterocycles. The summed E-state index contributed by atoms with van der Waals surface area (Å²) in [5.74, 6) is 0.814. The standard InChI is InChI=1S/C18H15ClN2O/c1-12-20-11-10-18(13-6-8-14(19)9-7-13)16-5-3-2-4-15(16)17(22)21(12)18/h2-9H,10-11H2,1H3. The topological polar surface area (TPSA) is 32.7 Å². The van der Waals surface area contributed by atoms with Crippen LogP contribution < -0.4 is 0 Å². The van der Waals surface area contributed by atoms with Crippen LogP contribution in [-0.4, -0.2) is 23.2 Å². The number of amides is 1. The summed E-state index contributed by atoms with van der Waals surface area (Å²) >= 11 is 6.04. The van der Waals surface area contributed by atoms with Gasteiger partial charge in [0.25, 0.3) is 5.91 Å². The first-order valence-corrected chi connectivity index (χ1v) is 7.73. The van der Waals surface area contributed by atoms with Gasteiger partial charge < -0.3 is 0 Å². The van der Waals surface area contributed by atoms with E-state index in [-0.39, 0.29) is 5.91 Å². The van der Waals surface area contributed by atoms with Crippen molar-refractivity contribution in [2.45, 2.75) is 18.9 Å². The Labute approximate surface area is 134 Å². The van der Waals surface area contributed by atoms with Gasteiger partial charge in [0.15, 0.2) is 0 Å². The van der Waals surface area contributed by atoms with Crippen molar-refractivity contribution in [3.8, 4) is 0 Å². The average Bonchev–Trinajstić information content (AvgIpc) is 2.80. The smallest absolute Gasteiger partial charge is 0.260 e. The van der Waals surface area contributed by atoms with E-state index in [4.69, 9.17) is 11.6 Å². The first-order chi connectivity index (χ1) is 10.6. The third-order valence-electron chi connectivity index (χ3n) is 4.65. The van der Waals surface area contributed by atoms with Crippen LogP contribution in [0.25, 0.3) is 0 Å². The molecule has 2 aliphatic rings. The van der Waals surface area contributed by atoms with Crippen molar-refractivity contribution in [1.82, 2.24) is 4.90 Å². The third kappa shape index (κ3) is 1.63. The summed E-state index contributed by atoms with van der Waals surface area (Å²) in [6.45, 7) is 2.63. The molecule has 0 N–H and O–H groups in total. The number of benzene rings is 2. The molecular weight excluding hydrogens is 296 g/mol. The monoisotopic (exact) mass is 310 g/mol. The van der Waals surface area contributed by atoms with E-state index in [1.54, 1.807) is 0 Å². The molecule has 0 bridgehead atoms. The Hall–Kier alpha value is -2.13. The molecule has 0 aliphatic carbocycles. The lowest BCUT2D eigenvalue weighted by Gasteiger charge is -2.42. The van der Waals surface area contributed by atoms with Gasteiger partial charge in [-0.25, -0.2) is 0 Å². The van der Waals surface area contributed by atoms with Gasteiger partial charge in [0.05, 0.1) is 0 Å². The molecule has 22 heavy (non-hydrogen) atoms. The summed E-state index contributed by atoms with van der Waals surface area (Å²) in [5, 5.41) is 0.700. The zero-order valence-electron chi connectivity index (χ0n) is 12.2. The van der Waals surface area contributed by atoms with E-state index in [2.05, 4.69) is 11.1 Å². The van der Waals surface area contributed by atoms with Crippen LogP contribution in [0.4, 0.5) is 0 Å². The molecule has 1 atom stereocenters. The first-order valence-electron chi connectivity index (χ1n) is 7.36. The summed E-state index contributed by atoms with van der Waals surface area (Å²) in [5.41, 5.74) is 2.47. The maximum absolute atomic E-state index is 12.9. The van der Waals surface area contributed by atoms with Gasteiger partial charge in [-0.15, -0.1) is 0 Å². The van der Waals surface area contributed by atoms with Crippen LogP contribution in [0.15, 0.2) is 53.5 Å². The van der Waals surface area contributed by atoms with E-state index in [1.165, 1.54) is 0 Å². The maximum Gasteiger partial charge on any atom is 0.260 e. The number of hydrogen-bond acceptors (Lipinski definition) is 2. The maximum atomic E-state index is 12.9. The highest BCUT2D eigenvalue weighted by Gasteiger charge is 2.52. The van der Waals surface area contributed by atoms with E-state index < -0.39 is 5.54 Å². The molecule has 0 saturated heterocycles. The minimum atomic E-state index is -0.454. The minimum Gasteiger partial charge on any atom is -0.282 e. The lowest BCUT2D eigenvalue weighted by atomic mass is 9.79. The van der Waals surface area contributed by atoms with Crippen LogP contribution >= 0.6 is 11.6 Å². The lowest BCUT2D eigenvalue weighted by Crippen LogP contribution is -2.50. The van der Waals surface area contributed by atoms with Crippen molar-refractivity contribution in [3.63, 3.8) is 0 Å². The molecule has 3 nitrogen and oxygen atoms in total. The zero-order valence-corrected chi connectivity index (χ0v) is 13.0. The molecular formula is C18H15ClN2O. The van der Waals surface area contributed by atoms with Gasteiger partial charge in [0, 0.05) is 17.1 Å². The second-order valence-electron chi connectivity index (χ2n) is 5.73. The number of rotatable bonds is 1. The van der Waals surface area contributed by atoms with Crippen molar-refractivity contribution in [2.75, 3.05) is 6.54 Å². The predicted octanol–water partition coefficient (Wildman–Crippen LogP) is 3.86. The SMILES string of the molecule is CC1=NCCC2(c3ccc(Cl)cc3)c3ccccc3C(=O)N12. The summed E-state index contributed by atoms with van der Waals surface area (Å²) in [7, 11) is 0. The van der Waals surface area contributed by atoms with Gasteiger partial charge in [-0.1, -0.05) is 41.9 Å². The van der Waals surface area contributed by atoms with Gasteiger partial charge in [-0.05, 0) is 42.7 Å². The fourth-order valence-corrected chi connectivity index (χ4v) is 3.84. The van der Waals surface area contributed by atoms with E-state index in [9.17, 15) is 4.79 Å². The number of hydrogen-bond donors (Lipinski definition) is 0. The van der Waals surface area contributed by atoms with Crippen molar-refractivity contribution in [2.24, 2.45) is 4.99 Å². The molecule has 4 heteroatoms. The normalized spacial score (nSPS) is 23.1. The Morgan fingerprint density at radius 2 is 1.86 bits per heavy atom. The van der Waals surface area contributed by atoms with Gasteiger partial charge in [-0.2, -0.15) is 0 Å². The number of carbonyl (C=O) groups is 1. The molecule has 2 aromatic carbocycles. The van der Waals surface area contributed by atoms with E-state index in [1.807, 2.05) is 54.3 Å². The minimum absolute atomic E-state index is 0.0338. The molecule has 110 valence electrons. The van der Waals surface area contributed by atoms with Crippen LogP contribution in [0.2, 0.25) is 5.02 Å². The van der Waals surface area contributed by atoms with Crippen molar-refractivity contribution < 1.29 is 4.79 Å². The van der Waals surface area contributed by atoms with Crippen LogP contribution in [0.3, 0.4) is 0 Å². The fraction of sp³-hybridized carbons (Fsp3) is 0.222. The molecule has 0 aromatic heterocycles. The van der Waals surface area contributed by atoms with Crippen LogP contribution in [0.1, 0.15) is 34.8 Å². The highest BCUT2D eigenvalue weighted by Crippen LogP contribution is 2.48. The number of fused-ring (bicyclic) bond motifs is 3. The number of halogens is 1. The second-order valence-corrected chi connectivity index (χ2v) is 6.17. The molecule has 0 fully saturated rings. The molecule has 0 saturated carbocycles. The van der Waals surface area contributed by atoms with Gasteiger partial charge in [0.2, 0.25) is 0 Å². The first kappa shape index (κ1) is 13.5. The predicted molar refractivity (Wildman–Crippen MR) is 87.4 cm³/mol. The number of nitrogens with zero attached hydrogens (tertiary/aromatic N) is 2. The van der Waals surface area contributed by atoms with E-state index in [0.717, 1.165) is 28.9 Å². The number of amidine groups is 1. The van der Waals surface area contributed by atoms with Crippen molar-refractivity contribution in [3.05, 3.63) is 70.2 Å². The molecule has 0 radical (unpaired) electrons. The Balaban J connectivity index is 2.03. The van der Waals surface area contributed by atoms with Gasteiger partial charge in [0.1, 0.15) is 11.4 Å². The lowest BCUT2D eigenvalue weighted by molar-refractivity contribution is 0.0763. The summed E-state index contributed by atoms with van der Waals surface area (Å²) < 4.78 is 0. The van der Waals surface area contributed by atoms with Crippen molar-refractivity contribution in [1.29, 1.82) is 0 Å². The van der Waals surface area contributed by atoms with E-state index in [0.29, 0.717) is 11.6 Å². The average molecular weight is 311 g/mol. The van der Waals surface area contributed by atoms with E-state index >= 15 is 0 Å². The molecule has 4 rings (SSSR count). The Morgan fingerprint density at radius 3 is 2.64 bits per heavy atom. The van der Waals surface area contributed by atoms with Gasteiger partial charge in [-0.3, -0.25) is 14.7 Å². The van der Waals surface area contributed by atoms with Crippen LogP contribution in [-0.2, 0) is 5.54 Å². The molecule has 2 aromatic rings. The molecule has 1 unspecified atom stereocenters. The second kappa shape index (κ2) is 4.68. The Bertz CT molecular complexity index is 797. The largest absolute Gasteiger partial charge is 0.282 e. The molecule has 1 amide bonds. The third-order valence-corrected chi connectivity index (χ3v) is 4.90. The fourth-order valence-electron chi connectivity index (χ4n) is 3.72. The quantitative estimate of drug-likeness (QED) is 0.787. The summed E-state index contributed by atoms with van der Waals surface area (Å²) in [6.07, 6.45) is 0.786. The summed E-state index contributed by atoms with van der Waals surface area (Å²) in [4.78, 5) is 19.2. The Kier molecular flexibility index (Phi) is 2.88. The van der Waals surface area contributed by atoms with Crippen molar-refractivity contribution >= 4 is 23.3 Å². The number of carbonyl (C=O) groups excluding carboxylic acids is 1. The highest BCUT2D eigenvalue weighted by molar-refractivity contribution is 6.30. The Morgan fingerprint density at radius 1 is 1.14 bits per heavy atom. The summed E-state index contributed by atoms with van der Waals surface area (Å²) in [6, 6.07) is 15.7. The number of aliphatic imine (C=N–C) groups is 1. The van der Waals surface area contributed by atoms with Gasteiger partial charge >= 0.3 is 0 Å². The highest BCUT2D eigenvalue weighted by atomic mass is 35.5. The van der Waals surface area contributed by atoms with Crippen LogP contribution in [0.5, 0.6) is 0 Å². The zero-order chi connectivity index (χ0) is 15.3. The molecule has 2 heterocycles. The van der Waals surface area contributed by atoms with Crippen LogP contribution in [0, 0.1) is 0 Å². The molecule has 0 spiro atoms.